The summed E-state index contributed by atoms with van der Waals surface area (Å²) in [5.74, 6) is 0.330. The molecule has 0 bridgehead atoms. The molecule has 0 aliphatic heterocycles. The van der Waals surface area contributed by atoms with E-state index in [2.05, 4.69) is 10.3 Å². The maximum absolute atomic E-state index is 11.9. The number of fused-ring (bicyclic) bond motifs is 1. The number of aliphatic hydroxyl groups excluding tert-OH is 1. The van der Waals surface area contributed by atoms with Crippen LogP contribution in [0.4, 0.5) is 0 Å². The highest BCUT2D eigenvalue weighted by Crippen LogP contribution is 2.24. The fraction of sp³-hybridized carbons (Fsp3) is 0.467. The van der Waals surface area contributed by atoms with Crippen LogP contribution in [-0.4, -0.2) is 27.1 Å². The zero-order valence-corrected chi connectivity index (χ0v) is 11.3. The molecule has 2 unspecified atom stereocenters. The zero-order valence-electron chi connectivity index (χ0n) is 11.3. The van der Waals surface area contributed by atoms with Gasteiger partial charge in [-0.2, -0.15) is 0 Å². The van der Waals surface area contributed by atoms with Gasteiger partial charge in [0.05, 0.1) is 11.8 Å². The van der Waals surface area contributed by atoms with E-state index in [1.165, 1.54) is 4.40 Å². The largest absolute Gasteiger partial charge is 0.393 e. The van der Waals surface area contributed by atoms with Gasteiger partial charge in [-0.05, 0) is 30.9 Å². The first-order valence-electron chi connectivity index (χ1n) is 7.10. The lowest BCUT2D eigenvalue weighted by Gasteiger charge is -2.14. The van der Waals surface area contributed by atoms with Crippen molar-refractivity contribution in [1.82, 2.24) is 14.7 Å². The molecule has 0 saturated heterocycles. The van der Waals surface area contributed by atoms with Gasteiger partial charge in [0.2, 0.25) is 0 Å². The van der Waals surface area contributed by atoms with Crippen LogP contribution in [0, 0.1) is 5.92 Å². The molecule has 1 aliphatic carbocycles. The van der Waals surface area contributed by atoms with E-state index in [-0.39, 0.29) is 11.7 Å². The summed E-state index contributed by atoms with van der Waals surface area (Å²) >= 11 is 0. The van der Waals surface area contributed by atoms with Crippen LogP contribution < -0.4 is 10.9 Å². The second-order valence-electron chi connectivity index (χ2n) is 5.40. The Bertz CT molecular complexity index is 653. The lowest BCUT2D eigenvalue weighted by atomic mass is 10.1. The fourth-order valence-corrected chi connectivity index (χ4v) is 2.83. The summed E-state index contributed by atoms with van der Waals surface area (Å²) in [4.78, 5) is 16.4. The van der Waals surface area contributed by atoms with E-state index in [4.69, 9.17) is 0 Å². The van der Waals surface area contributed by atoms with Crippen LogP contribution in [0.3, 0.4) is 0 Å². The lowest BCUT2D eigenvalue weighted by Crippen LogP contribution is -2.28. The number of aromatic nitrogens is 2. The molecule has 0 amide bonds. The molecule has 2 aromatic heterocycles. The molecular formula is C15H19N3O2. The van der Waals surface area contributed by atoms with Crippen molar-refractivity contribution in [3.63, 3.8) is 0 Å². The third-order valence-electron chi connectivity index (χ3n) is 3.96. The minimum Gasteiger partial charge on any atom is -0.393 e. The summed E-state index contributed by atoms with van der Waals surface area (Å²) in [6, 6.07) is 7.07. The molecule has 3 rings (SSSR count). The Balaban J connectivity index is 1.67. The highest BCUT2D eigenvalue weighted by Gasteiger charge is 2.24. The summed E-state index contributed by atoms with van der Waals surface area (Å²) < 4.78 is 1.53. The molecule has 1 aliphatic rings. The third-order valence-corrected chi connectivity index (χ3v) is 3.96. The van der Waals surface area contributed by atoms with E-state index in [9.17, 15) is 9.90 Å². The summed E-state index contributed by atoms with van der Waals surface area (Å²) in [5.41, 5.74) is 1.35. The first-order valence-corrected chi connectivity index (χ1v) is 7.10. The van der Waals surface area contributed by atoms with Crippen LogP contribution in [0.25, 0.3) is 5.65 Å². The van der Waals surface area contributed by atoms with Gasteiger partial charge in [0.15, 0.2) is 0 Å². The molecule has 0 radical (unpaired) electrons. The van der Waals surface area contributed by atoms with Crippen molar-refractivity contribution in [2.75, 3.05) is 6.54 Å². The normalized spacial score (nSPS) is 22.4. The third kappa shape index (κ3) is 2.73. The number of aliphatic hydroxyl groups is 1. The number of hydrogen-bond acceptors (Lipinski definition) is 4. The quantitative estimate of drug-likeness (QED) is 0.870. The average Bonchev–Trinajstić information content (AvgIpc) is 2.85. The Morgan fingerprint density at radius 2 is 2.30 bits per heavy atom. The number of pyridine rings is 1. The van der Waals surface area contributed by atoms with Crippen LogP contribution >= 0.6 is 0 Å². The van der Waals surface area contributed by atoms with E-state index in [1.807, 2.05) is 18.2 Å². The van der Waals surface area contributed by atoms with Crippen molar-refractivity contribution >= 4 is 5.65 Å². The highest BCUT2D eigenvalue weighted by molar-refractivity contribution is 5.37. The smallest absolute Gasteiger partial charge is 0.258 e. The summed E-state index contributed by atoms with van der Waals surface area (Å²) in [6.45, 7) is 1.33. The predicted molar refractivity (Wildman–Crippen MR) is 76.5 cm³/mol. The monoisotopic (exact) mass is 273 g/mol. The van der Waals surface area contributed by atoms with Gasteiger partial charge in [-0.1, -0.05) is 12.5 Å². The van der Waals surface area contributed by atoms with Crippen molar-refractivity contribution in [3.8, 4) is 0 Å². The number of hydrogen-bond donors (Lipinski definition) is 2. The van der Waals surface area contributed by atoms with Crippen molar-refractivity contribution in [2.45, 2.75) is 31.9 Å². The standard InChI is InChI=1S/C15H19N3O2/c19-13-5-3-4-11(13)9-16-10-12-8-15(20)18-7-2-1-6-14(18)17-12/h1-2,6-8,11,13,16,19H,3-5,9-10H2. The molecule has 1 saturated carbocycles. The van der Waals surface area contributed by atoms with Crippen LogP contribution in [0.2, 0.25) is 0 Å². The van der Waals surface area contributed by atoms with Crippen molar-refractivity contribution in [2.24, 2.45) is 5.92 Å². The summed E-state index contributed by atoms with van der Waals surface area (Å²) in [5, 5.41) is 13.1. The Morgan fingerprint density at radius 3 is 3.10 bits per heavy atom. The first-order chi connectivity index (χ1) is 9.74. The summed E-state index contributed by atoms with van der Waals surface area (Å²) in [6.07, 6.45) is 4.61. The fourth-order valence-electron chi connectivity index (χ4n) is 2.83. The highest BCUT2D eigenvalue weighted by atomic mass is 16.3. The topological polar surface area (TPSA) is 66.6 Å². The molecule has 106 valence electrons. The molecule has 0 aromatic carbocycles. The van der Waals surface area contributed by atoms with E-state index in [0.717, 1.165) is 31.5 Å². The predicted octanol–water partition coefficient (Wildman–Crippen LogP) is 0.945. The SMILES string of the molecule is O=c1cc(CNCC2CCCC2O)nc2ccccn12. The van der Waals surface area contributed by atoms with Crippen LogP contribution in [0.15, 0.2) is 35.3 Å². The van der Waals surface area contributed by atoms with Crippen molar-refractivity contribution < 1.29 is 5.11 Å². The summed E-state index contributed by atoms with van der Waals surface area (Å²) in [7, 11) is 0. The van der Waals surface area contributed by atoms with Gasteiger partial charge in [-0.15, -0.1) is 0 Å². The number of nitrogens with one attached hydrogen (secondary N) is 1. The minimum atomic E-state index is -0.183. The molecule has 20 heavy (non-hydrogen) atoms. The molecule has 2 N–H and O–H groups in total. The Morgan fingerprint density at radius 1 is 1.40 bits per heavy atom. The average molecular weight is 273 g/mol. The Hall–Kier alpha value is -1.72. The van der Waals surface area contributed by atoms with Crippen molar-refractivity contribution in [3.05, 3.63) is 46.5 Å². The second-order valence-corrected chi connectivity index (χ2v) is 5.40. The van der Waals surface area contributed by atoms with Gasteiger partial charge in [0.1, 0.15) is 5.65 Å². The first kappa shape index (κ1) is 13.3. The van der Waals surface area contributed by atoms with Crippen LogP contribution in [-0.2, 0) is 6.54 Å². The maximum Gasteiger partial charge on any atom is 0.258 e. The molecule has 5 heteroatoms. The van der Waals surface area contributed by atoms with Crippen LogP contribution in [0.5, 0.6) is 0 Å². The van der Waals surface area contributed by atoms with E-state index in [1.54, 1.807) is 12.3 Å². The van der Waals surface area contributed by atoms with E-state index < -0.39 is 0 Å². The Kier molecular flexibility index (Phi) is 3.80. The van der Waals surface area contributed by atoms with E-state index >= 15 is 0 Å². The molecule has 2 atom stereocenters. The molecule has 1 fully saturated rings. The number of nitrogens with zero attached hydrogens (tertiary/aromatic N) is 2. The zero-order chi connectivity index (χ0) is 13.9. The molecular weight excluding hydrogens is 254 g/mol. The van der Waals surface area contributed by atoms with Gasteiger partial charge >= 0.3 is 0 Å². The van der Waals surface area contributed by atoms with Gasteiger partial charge in [0.25, 0.3) is 5.56 Å². The van der Waals surface area contributed by atoms with Crippen molar-refractivity contribution in [1.29, 1.82) is 0 Å². The van der Waals surface area contributed by atoms with Crippen LogP contribution in [0.1, 0.15) is 25.0 Å². The molecule has 5 nitrogen and oxygen atoms in total. The van der Waals surface area contributed by atoms with E-state index in [0.29, 0.717) is 18.1 Å². The molecule has 2 aromatic rings. The molecule has 2 heterocycles. The molecule has 0 spiro atoms. The second kappa shape index (κ2) is 5.73. The minimum absolute atomic E-state index is 0.0618. The Labute approximate surface area is 117 Å². The van der Waals surface area contributed by atoms with Gasteiger partial charge < -0.3 is 10.4 Å². The van der Waals surface area contributed by atoms with Gasteiger partial charge in [-0.25, -0.2) is 4.98 Å². The van der Waals surface area contributed by atoms with Gasteiger partial charge in [0, 0.05) is 25.4 Å². The maximum atomic E-state index is 11.9. The van der Waals surface area contributed by atoms with Gasteiger partial charge in [-0.3, -0.25) is 9.20 Å². The lowest BCUT2D eigenvalue weighted by molar-refractivity contribution is 0.131. The number of rotatable bonds is 4.